The van der Waals surface area contributed by atoms with E-state index in [1.54, 1.807) is 39.0 Å². The van der Waals surface area contributed by atoms with Gasteiger partial charge in [-0.1, -0.05) is 78.9 Å². The third-order valence-electron chi connectivity index (χ3n) is 15.9. The first-order valence-corrected chi connectivity index (χ1v) is 34.4. The zero-order chi connectivity index (χ0) is 70.6. The van der Waals surface area contributed by atoms with Gasteiger partial charge in [-0.25, -0.2) is 34.1 Å². The van der Waals surface area contributed by atoms with Crippen LogP contribution in [0, 0.1) is 17.8 Å². The van der Waals surface area contributed by atoms with Crippen molar-refractivity contribution in [3.8, 4) is 0 Å². The number of nitrogen functional groups attached to an aromatic ring is 1. The van der Waals surface area contributed by atoms with Crippen LogP contribution >= 0.6 is 37.2 Å². The molecule has 8 rings (SSSR count). The summed E-state index contributed by atoms with van der Waals surface area (Å²) in [5.74, 6) is 2.32. The molecule has 556 valence electrons. The van der Waals surface area contributed by atoms with E-state index in [-0.39, 0.29) is 48.9 Å². The molecule has 100 heavy (non-hydrogen) atoms. The standard InChI is InChI=1S/C31H47N5O4.C22H34N4O5.C21H31N5.3ClH/c1-30(2,3)39-28(37)33-18-19-36-21-24(26(22-36)32-17-11-14-23-12-8-7-9-13-23)20-25-15-10-16-27(34-25)35-29(38)40-31(4,5)6;1-21(2,3)30-19(28)23-10-11-26-13-15(17(27)14-26)12-16-8-7-9-18(24-16)25-20(29)31-22(4,5)6;22-11-13-26-15-18(14-19-9-4-10-21(23)25-19)20(16-26)24-12-5-8-17-6-2-1-3-7-17;;;/h7-10,12-13,15-16,24,26,32H,11,14,17-22H2,1-6H3,(H,33,37)(H,34,35,38);7-9,15H,10-14H2,1-6H3,(H,23,28)(H,24,25,29);1-4,6-7,9-10,18,20,24H,5,8,11-16,22H2,(H2,23,25);3*1H. The van der Waals surface area contributed by atoms with Gasteiger partial charge in [0.15, 0.2) is 5.78 Å². The van der Waals surface area contributed by atoms with Crippen molar-refractivity contribution in [2.45, 2.75) is 163 Å². The lowest BCUT2D eigenvalue weighted by Gasteiger charge is -2.21. The largest absolute Gasteiger partial charge is 0.444 e. The Morgan fingerprint density at radius 3 is 1.27 bits per heavy atom. The Balaban J connectivity index is 0.000000393. The minimum Gasteiger partial charge on any atom is -0.444 e. The van der Waals surface area contributed by atoms with E-state index >= 15 is 0 Å². The highest BCUT2D eigenvalue weighted by molar-refractivity contribution is 5.86. The highest BCUT2D eigenvalue weighted by Gasteiger charge is 2.35. The van der Waals surface area contributed by atoms with Crippen LogP contribution < -0.4 is 43.4 Å². The number of ketones is 1. The summed E-state index contributed by atoms with van der Waals surface area (Å²) in [5, 5.41) is 18.5. The molecule has 23 nitrogen and oxygen atoms in total. The normalized spacial score (nSPS) is 17.9. The second-order valence-corrected chi connectivity index (χ2v) is 29.3. The van der Waals surface area contributed by atoms with Crippen LogP contribution in [0.15, 0.2) is 115 Å². The molecule has 0 radical (unpaired) electrons. The van der Waals surface area contributed by atoms with Crippen LogP contribution in [0.25, 0.3) is 0 Å². The molecule has 0 saturated carbocycles. The second-order valence-electron chi connectivity index (χ2n) is 29.3. The van der Waals surface area contributed by atoms with Gasteiger partial charge in [0.25, 0.3) is 0 Å². The molecule has 5 atom stereocenters. The fraction of sp³-hybridized carbons (Fsp3) is 0.568. The molecule has 26 heteroatoms. The number of aromatic nitrogens is 3. The fourth-order valence-electron chi connectivity index (χ4n) is 11.8. The number of ether oxygens (including phenoxy) is 4. The number of halogens is 3. The highest BCUT2D eigenvalue weighted by atomic mass is 35.5. The number of anilines is 3. The zero-order valence-electron chi connectivity index (χ0n) is 60.9. The molecule has 3 aromatic heterocycles. The number of alkyl carbamates (subject to hydrolysis) is 2. The number of likely N-dealkylation sites (tertiary alicyclic amines) is 3. The lowest BCUT2D eigenvalue weighted by Crippen LogP contribution is -2.39. The van der Waals surface area contributed by atoms with Crippen LogP contribution in [0.1, 0.15) is 124 Å². The van der Waals surface area contributed by atoms with Gasteiger partial charge >= 0.3 is 24.4 Å². The van der Waals surface area contributed by atoms with Gasteiger partial charge in [-0.05, 0) is 194 Å². The van der Waals surface area contributed by atoms with Crippen LogP contribution in [-0.4, -0.2) is 186 Å². The van der Waals surface area contributed by atoms with E-state index in [9.17, 15) is 24.0 Å². The Labute approximate surface area is 612 Å². The van der Waals surface area contributed by atoms with Gasteiger partial charge in [0.1, 0.15) is 39.9 Å². The predicted octanol–water partition coefficient (Wildman–Crippen LogP) is 11.0. The van der Waals surface area contributed by atoms with Gasteiger partial charge in [0.2, 0.25) is 0 Å². The summed E-state index contributed by atoms with van der Waals surface area (Å²) in [6.07, 6.45) is 4.64. The quantitative estimate of drug-likeness (QED) is 0.0188. The topological polar surface area (TPSA) is 295 Å². The molecule has 3 aliphatic heterocycles. The summed E-state index contributed by atoms with van der Waals surface area (Å²) in [4.78, 5) is 80.8. The Morgan fingerprint density at radius 1 is 0.460 bits per heavy atom. The fourth-order valence-corrected chi connectivity index (χ4v) is 11.8. The summed E-state index contributed by atoms with van der Waals surface area (Å²) in [6.45, 7) is 32.6. The van der Waals surface area contributed by atoms with Crippen molar-refractivity contribution in [3.05, 3.63) is 143 Å². The van der Waals surface area contributed by atoms with Crippen molar-refractivity contribution in [1.82, 2.24) is 50.9 Å². The summed E-state index contributed by atoms with van der Waals surface area (Å²) >= 11 is 0. The van der Waals surface area contributed by atoms with Crippen molar-refractivity contribution in [1.29, 1.82) is 0 Å². The lowest BCUT2D eigenvalue weighted by molar-refractivity contribution is -0.119. The van der Waals surface area contributed by atoms with Crippen molar-refractivity contribution in [3.63, 3.8) is 0 Å². The Bertz CT molecular complexity index is 3230. The molecule has 0 aliphatic carbocycles. The number of Topliss-reactive ketones (excluding diaryl/α,β-unsaturated/α-hetero) is 1. The average Bonchev–Trinajstić information content (AvgIpc) is 1.69. The predicted molar refractivity (Wildman–Crippen MR) is 405 cm³/mol. The highest BCUT2D eigenvalue weighted by Crippen LogP contribution is 2.25. The molecule has 4 amide bonds. The number of amides is 4. The molecular formula is C74H115Cl3N14O9. The van der Waals surface area contributed by atoms with Crippen LogP contribution in [-0.2, 0) is 55.8 Å². The Hall–Kier alpha value is -6.93. The third-order valence-corrected chi connectivity index (χ3v) is 15.9. The number of hydrogen-bond acceptors (Lipinski definition) is 19. The summed E-state index contributed by atoms with van der Waals surface area (Å²) < 4.78 is 21.2. The number of nitrogens with zero attached hydrogens (tertiary/aromatic N) is 6. The smallest absolute Gasteiger partial charge is 0.413 e. The number of hydrogen-bond donors (Lipinski definition) is 8. The minimum atomic E-state index is -0.597. The van der Waals surface area contributed by atoms with E-state index in [0.717, 1.165) is 108 Å². The molecule has 5 unspecified atom stereocenters. The molecule has 0 spiro atoms. The van der Waals surface area contributed by atoms with Crippen molar-refractivity contribution >= 4 is 84.8 Å². The van der Waals surface area contributed by atoms with Gasteiger partial charge in [-0.3, -0.25) is 25.2 Å². The number of benzene rings is 2. The minimum absolute atomic E-state index is 0. The number of rotatable bonds is 26. The van der Waals surface area contributed by atoms with Gasteiger partial charge in [0, 0.05) is 113 Å². The molecule has 3 saturated heterocycles. The van der Waals surface area contributed by atoms with Gasteiger partial charge in [0.05, 0.1) is 6.54 Å². The number of nitrogens with one attached hydrogen (secondary N) is 6. The van der Waals surface area contributed by atoms with Crippen LogP contribution in [0.3, 0.4) is 0 Å². The number of carbonyl (C=O) groups is 5. The number of aryl methyl sites for hydroxylation is 2. The van der Waals surface area contributed by atoms with E-state index in [4.69, 9.17) is 30.4 Å². The number of pyridine rings is 3. The van der Waals surface area contributed by atoms with Crippen molar-refractivity contribution < 1.29 is 42.9 Å². The molecule has 2 aromatic carbocycles. The van der Waals surface area contributed by atoms with Gasteiger partial charge in [-0.15, -0.1) is 37.2 Å². The van der Waals surface area contributed by atoms with E-state index in [1.807, 2.05) is 104 Å². The lowest BCUT2D eigenvalue weighted by atomic mass is 9.97. The zero-order valence-corrected chi connectivity index (χ0v) is 63.4. The molecule has 3 fully saturated rings. The number of carbonyl (C=O) groups excluding carboxylic acids is 5. The maximum absolute atomic E-state index is 12.4. The second kappa shape index (κ2) is 43.1. The summed E-state index contributed by atoms with van der Waals surface area (Å²) in [5.41, 5.74) is 14.9. The van der Waals surface area contributed by atoms with E-state index in [2.05, 4.69) is 117 Å². The molecule has 0 bridgehead atoms. The van der Waals surface area contributed by atoms with E-state index in [1.165, 1.54) is 11.1 Å². The molecule has 10 N–H and O–H groups in total. The summed E-state index contributed by atoms with van der Waals surface area (Å²) in [6, 6.07) is 38.9. The van der Waals surface area contributed by atoms with Crippen molar-refractivity contribution in [2.75, 3.05) is 108 Å². The molecule has 3 aliphatic rings. The van der Waals surface area contributed by atoms with Crippen LogP contribution in [0.5, 0.6) is 0 Å². The first-order valence-electron chi connectivity index (χ1n) is 34.4. The van der Waals surface area contributed by atoms with Gasteiger partial charge < -0.3 is 56.6 Å². The van der Waals surface area contributed by atoms with Gasteiger partial charge in [-0.2, -0.15) is 0 Å². The maximum atomic E-state index is 12.4. The van der Waals surface area contributed by atoms with Crippen molar-refractivity contribution in [2.24, 2.45) is 23.5 Å². The first kappa shape index (κ1) is 87.3. The molecule has 5 aromatic rings. The SMILES string of the molecule is CC(C)(C)OC(=O)NCCN1CC(=O)C(Cc2cccc(NC(=O)OC(C)(C)C)n2)C1.CC(C)(C)OC(=O)NCCN1CC(Cc2cccc(NC(=O)OC(C)(C)C)n2)C(NCCCc2ccccc2)C1.Cl.Cl.Cl.NCCN1CC(Cc2cccc(N)n2)C(NCCCc2ccccc2)C1. The monoisotopic (exact) mass is 1450 g/mol. The molecular weight excluding hydrogens is 1340 g/mol. The van der Waals surface area contributed by atoms with Crippen LogP contribution in [0.4, 0.5) is 36.6 Å². The Kier molecular flexibility index (Phi) is 37.6. The Morgan fingerprint density at radius 2 is 0.850 bits per heavy atom. The van der Waals surface area contributed by atoms with Crippen LogP contribution in [0.2, 0.25) is 0 Å². The van der Waals surface area contributed by atoms with E-state index < -0.39 is 46.8 Å². The number of nitrogens with two attached hydrogens (primary N) is 2. The molecule has 6 heterocycles. The van der Waals surface area contributed by atoms with E-state index in [0.29, 0.717) is 87.1 Å². The average molecular weight is 1450 g/mol. The maximum Gasteiger partial charge on any atom is 0.413 e. The summed E-state index contributed by atoms with van der Waals surface area (Å²) in [7, 11) is 0. The third kappa shape index (κ3) is 35.6. The first-order chi connectivity index (χ1) is 45.9.